The number of para-hydroxylation sites is 1. The molecule has 0 spiro atoms. The number of aromatic nitrogens is 1. The minimum atomic E-state index is 0. The molecule has 1 N–H and O–H groups in total. The molecule has 0 saturated carbocycles. The van der Waals surface area contributed by atoms with E-state index < -0.39 is 0 Å². The third-order valence-corrected chi connectivity index (χ3v) is 4.74. The molecule has 6 heteroatoms. The first-order valence-electron chi connectivity index (χ1n) is 7.95. The van der Waals surface area contributed by atoms with Gasteiger partial charge in [-0.2, -0.15) is 0 Å². The summed E-state index contributed by atoms with van der Waals surface area (Å²) in [5.74, 6) is 0.844. The van der Waals surface area contributed by atoms with Crippen LogP contribution in [0.3, 0.4) is 0 Å². The first-order chi connectivity index (χ1) is 11.6. The van der Waals surface area contributed by atoms with E-state index in [-0.39, 0.29) is 29.3 Å². The third-order valence-electron chi connectivity index (χ3n) is 3.76. The van der Waals surface area contributed by atoms with E-state index in [2.05, 4.69) is 10.3 Å². The summed E-state index contributed by atoms with van der Waals surface area (Å²) in [6.45, 7) is 6.77. The van der Waals surface area contributed by atoms with Crippen molar-refractivity contribution in [2.45, 2.75) is 20.8 Å². The molecule has 0 aliphatic rings. The predicted octanol–water partition coefficient (Wildman–Crippen LogP) is 5.18. The monoisotopic (exact) mass is 420 g/mol. The van der Waals surface area contributed by atoms with Gasteiger partial charge in [0.05, 0.1) is 17.9 Å². The Hall–Kier alpha value is -1.92. The Morgan fingerprint density at radius 1 is 1.24 bits per heavy atom. The summed E-state index contributed by atoms with van der Waals surface area (Å²) in [5, 5.41) is 3.88. The van der Waals surface area contributed by atoms with Gasteiger partial charge in [-0.1, -0.05) is 41.2 Å². The normalized spacial score (nSPS) is 10.4. The molecule has 1 heterocycles. The number of ether oxygens (including phenoxy) is 1. The number of carbonyl (C=O) groups excluding carboxylic acids is 1. The first-order valence-corrected chi connectivity index (χ1v) is 8.77. The molecule has 1 aromatic heterocycles. The van der Waals surface area contributed by atoms with Gasteiger partial charge in [0, 0.05) is 5.56 Å². The van der Waals surface area contributed by atoms with E-state index in [1.165, 1.54) is 11.3 Å². The Morgan fingerprint density at radius 3 is 2.76 bits per heavy atom. The second-order valence-electron chi connectivity index (χ2n) is 5.65. The van der Waals surface area contributed by atoms with E-state index in [0.29, 0.717) is 6.61 Å². The predicted molar refractivity (Wildman–Crippen MR) is 110 cm³/mol. The molecule has 0 saturated heterocycles. The van der Waals surface area contributed by atoms with Crippen molar-refractivity contribution in [2.24, 2.45) is 0 Å². The van der Waals surface area contributed by atoms with Crippen LogP contribution in [0.2, 0.25) is 0 Å². The van der Waals surface area contributed by atoms with E-state index >= 15 is 0 Å². The number of hydrogen-bond acceptors (Lipinski definition) is 5. The van der Waals surface area contributed by atoms with Crippen LogP contribution in [0.25, 0.3) is 10.2 Å². The van der Waals surface area contributed by atoms with Crippen molar-refractivity contribution in [1.82, 2.24) is 4.98 Å². The minimum Gasteiger partial charge on any atom is -0.492 e. The zero-order valence-electron chi connectivity index (χ0n) is 14.5. The van der Waals surface area contributed by atoms with E-state index in [1.54, 1.807) is 0 Å². The van der Waals surface area contributed by atoms with Crippen LogP contribution < -0.4 is 10.1 Å². The van der Waals surface area contributed by atoms with Gasteiger partial charge >= 0.3 is 0 Å². The van der Waals surface area contributed by atoms with Crippen molar-refractivity contribution >= 4 is 49.4 Å². The number of ketones is 1. The summed E-state index contributed by atoms with van der Waals surface area (Å²) >= 11 is 1.53. The number of benzene rings is 2. The van der Waals surface area contributed by atoms with Crippen molar-refractivity contribution in [3.8, 4) is 5.75 Å². The molecule has 3 rings (SSSR count). The number of fused-ring (bicyclic) bond motifs is 1. The van der Waals surface area contributed by atoms with Gasteiger partial charge in [0.15, 0.2) is 10.9 Å². The molecule has 0 amide bonds. The lowest BCUT2D eigenvalue weighted by Crippen LogP contribution is -2.15. The lowest BCUT2D eigenvalue weighted by molar-refractivity contribution is 0.101. The molecule has 0 aliphatic heterocycles. The van der Waals surface area contributed by atoms with Gasteiger partial charge in [-0.3, -0.25) is 4.79 Å². The van der Waals surface area contributed by atoms with Crippen LogP contribution in [0.15, 0.2) is 36.4 Å². The van der Waals surface area contributed by atoms with Crippen molar-refractivity contribution in [1.29, 1.82) is 0 Å². The SMILES string of the molecule is Br.CCOc1cccc2sc(NCC(=O)c3ccc(C)cc3C)nc12. The molecule has 25 heavy (non-hydrogen) atoms. The average molecular weight is 421 g/mol. The standard InChI is InChI=1S/C19H20N2O2S.BrH/c1-4-23-16-6-5-7-17-18(16)21-19(24-17)20-11-15(22)14-9-8-12(2)10-13(14)3;/h5-10H,4,11H2,1-3H3,(H,20,21);1H. The highest BCUT2D eigenvalue weighted by Crippen LogP contribution is 2.32. The number of thiazole rings is 1. The van der Waals surface area contributed by atoms with Crippen LogP contribution >= 0.6 is 28.3 Å². The zero-order chi connectivity index (χ0) is 17.1. The molecule has 132 valence electrons. The Morgan fingerprint density at radius 2 is 2.04 bits per heavy atom. The summed E-state index contributed by atoms with van der Waals surface area (Å²) < 4.78 is 6.65. The lowest BCUT2D eigenvalue weighted by Gasteiger charge is -2.06. The van der Waals surface area contributed by atoms with Crippen LogP contribution in [-0.2, 0) is 0 Å². The summed E-state index contributed by atoms with van der Waals surface area (Å²) in [4.78, 5) is 17.0. The Balaban J connectivity index is 0.00000225. The number of hydrogen-bond donors (Lipinski definition) is 1. The first kappa shape index (κ1) is 19.4. The van der Waals surface area contributed by atoms with Crippen LogP contribution in [0.1, 0.15) is 28.4 Å². The molecule has 0 bridgehead atoms. The number of Topliss-reactive ketones (excluding diaryl/α,β-unsaturated/α-hetero) is 1. The summed E-state index contributed by atoms with van der Waals surface area (Å²) in [6.07, 6.45) is 0. The van der Waals surface area contributed by atoms with Crippen LogP contribution in [0.5, 0.6) is 5.75 Å². The second kappa shape index (κ2) is 8.45. The fourth-order valence-electron chi connectivity index (χ4n) is 2.65. The molecule has 2 aromatic carbocycles. The average Bonchev–Trinajstić information content (AvgIpc) is 2.97. The maximum absolute atomic E-state index is 12.4. The van der Waals surface area contributed by atoms with E-state index in [4.69, 9.17) is 4.74 Å². The van der Waals surface area contributed by atoms with Gasteiger partial charge in [-0.25, -0.2) is 4.98 Å². The van der Waals surface area contributed by atoms with Crippen molar-refractivity contribution in [3.05, 3.63) is 53.1 Å². The molecule has 0 radical (unpaired) electrons. The van der Waals surface area contributed by atoms with Gasteiger partial charge in [0.2, 0.25) is 0 Å². The molecule has 0 fully saturated rings. The molecular weight excluding hydrogens is 400 g/mol. The molecule has 0 unspecified atom stereocenters. The Kier molecular flexibility index (Phi) is 6.56. The van der Waals surface area contributed by atoms with E-state index in [0.717, 1.165) is 37.8 Å². The lowest BCUT2D eigenvalue weighted by atomic mass is 10.0. The molecule has 3 aromatic rings. The van der Waals surface area contributed by atoms with Crippen molar-refractivity contribution in [2.75, 3.05) is 18.5 Å². The number of aryl methyl sites for hydroxylation is 2. The summed E-state index contributed by atoms with van der Waals surface area (Å²) in [7, 11) is 0. The number of halogens is 1. The van der Waals surface area contributed by atoms with Gasteiger partial charge < -0.3 is 10.1 Å². The van der Waals surface area contributed by atoms with Crippen LogP contribution in [-0.4, -0.2) is 23.9 Å². The number of carbonyl (C=O) groups is 1. The summed E-state index contributed by atoms with van der Waals surface area (Å²) in [6, 6.07) is 11.8. The highest BCUT2D eigenvalue weighted by Gasteiger charge is 2.12. The van der Waals surface area contributed by atoms with Crippen molar-refractivity contribution < 1.29 is 9.53 Å². The Bertz CT molecular complexity index is 892. The zero-order valence-corrected chi connectivity index (χ0v) is 17.0. The quantitative estimate of drug-likeness (QED) is 0.557. The molecule has 0 aliphatic carbocycles. The molecule has 0 atom stereocenters. The fourth-order valence-corrected chi connectivity index (χ4v) is 3.53. The van der Waals surface area contributed by atoms with Gasteiger partial charge in [-0.05, 0) is 38.5 Å². The number of anilines is 1. The highest BCUT2D eigenvalue weighted by atomic mass is 79.9. The maximum Gasteiger partial charge on any atom is 0.184 e. The summed E-state index contributed by atoms with van der Waals surface area (Å²) in [5.41, 5.74) is 3.76. The van der Waals surface area contributed by atoms with Gasteiger partial charge in [0.1, 0.15) is 11.3 Å². The van der Waals surface area contributed by atoms with Crippen LogP contribution in [0.4, 0.5) is 5.13 Å². The van der Waals surface area contributed by atoms with E-state index in [1.807, 2.05) is 57.2 Å². The third kappa shape index (κ3) is 4.38. The Labute approximate surface area is 162 Å². The van der Waals surface area contributed by atoms with Crippen LogP contribution in [0, 0.1) is 13.8 Å². The van der Waals surface area contributed by atoms with E-state index in [9.17, 15) is 4.79 Å². The number of nitrogens with one attached hydrogen (secondary N) is 1. The minimum absolute atomic E-state index is 0. The fraction of sp³-hybridized carbons (Fsp3) is 0.263. The number of rotatable bonds is 6. The second-order valence-corrected chi connectivity index (χ2v) is 6.68. The van der Waals surface area contributed by atoms with Gasteiger partial charge in [0.25, 0.3) is 0 Å². The maximum atomic E-state index is 12.4. The van der Waals surface area contributed by atoms with Gasteiger partial charge in [-0.15, -0.1) is 17.0 Å². The topological polar surface area (TPSA) is 51.2 Å². The van der Waals surface area contributed by atoms with Crippen molar-refractivity contribution in [3.63, 3.8) is 0 Å². The molecule has 4 nitrogen and oxygen atoms in total. The number of nitrogens with zero attached hydrogens (tertiary/aromatic N) is 1. The molecular formula is C19H21BrN2O2S. The smallest absolute Gasteiger partial charge is 0.184 e. The highest BCUT2D eigenvalue weighted by molar-refractivity contribution is 8.93. The largest absolute Gasteiger partial charge is 0.492 e.